The third kappa shape index (κ3) is 5.53. The first-order chi connectivity index (χ1) is 7.14. The van der Waals surface area contributed by atoms with Crippen molar-refractivity contribution in [3.63, 3.8) is 0 Å². The van der Waals surface area contributed by atoms with E-state index in [1.165, 1.54) is 38.5 Å². The van der Waals surface area contributed by atoms with Crippen molar-refractivity contribution in [1.82, 2.24) is 5.32 Å². The van der Waals surface area contributed by atoms with Crippen LogP contribution in [0.3, 0.4) is 0 Å². The van der Waals surface area contributed by atoms with Crippen LogP contribution >= 0.6 is 0 Å². The molecule has 0 atom stereocenters. The zero-order valence-electron chi connectivity index (χ0n) is 10.4. The van der Waals surface area contributed by atoms with Crippen LogP contribution in [0.5, 0.6) is 0 Å². The first-order valence-corrected chi connectivity index (χ1v) is 6.46. The van der Waals surface area contributed by atoms with Gasteiger partial charge in [-0.1, -0.05) is 39.5 Å². The van der Waals surface area contributed by atoms with Crippen LogP contribution in [0.2, 0.25) is 0 Å². The van der Waals surface area contributed by atoms with E-state index < -0.39 is 0 Å². The highest BCUT2D eigenvalue weighted by atomic mass is 16.3. The Bertz CT molecular complexity index is 160. The van der Waals surface area contributed by atoms with E-state index >= 15 is 0 Å². The van der Waals surface area contributed by atoms with Gasteiger partial charge in [-0.25, -0.2) is 0 Å². The van der Waals surface area contributed by atoms with Crippen molar-refractivity contribution in [2.24, 2.45) is 11.3 Å². The van der Waals surface area contributed by atoms with E-state index in [-0.39, 0.29) is 12.0 Å². The highest BCUT2D eigenvalue weighted by Gasteiger charge is 2.17. The van der Waals surface area contributed by atoms with Crippen molar-refractivity contribution < 1.29 is 5.11 Å². The van der Waals surface area contributed by atoms with Crippen molar-refractivity contribution in [2.45, 2.75) is 52.4 Å². The molecule has 1 rings (SSSR count). The zero-order valence-corrected chi connectivity index (χ0v) is 10.4. The van der Waals surface area contributed by atoms with E-state index in [0.717, 1.165) is 19.0 Å². The summed E-state index contributed by atoms with van der Waals surface area (Å²) in [5.74, 6) is 0.877. The number of aliphatic hydroxyl groups excluding tert-OH is 1. The zero-order chi connectivity index (χ0) is 11.1. The molecule has 1 aliphatic rings. The van der Waals surface area contributed by atoms with Crippen LogP contribution in [-0.2, 0) is 0 Å². The largest absolute Gasteiger partial charge is 0.396 e. The fourth-order valence-electron chi connectivity index (χ4n) is 2.24. The van der Waals surface area contributed by atoms with Crippen molar-refractivity contribution in [2.75, 3.05) is 19.7 Å². The van der Waals surface area contributed by atoms with Crippen molar-refractivity contribution in [1.29, 1.82) is 0 Å². The lowest BCUT2D eigenvalue weighted by Gasteiger charge is -2.24. The normalized spacial score (nSPS) is 20.2. The number of hydrogen-bond donors (Lipinski definition) is 2. The van der Waals surface area contributed by atoms with E-state index in [2.05, 4.69) is 19.2 Å². The van der Waals surface area contributed by atoms with E-state index in [1.807, 2.05) is 0 Å². The molecule has 2 nitrogen and oxygen atoms in total. The third-order valence-electron chi connectivity index (χ3n) is 3.44. The van der Waals surface area contributed by atoms with E-state index in [4.69, 9.17) is 5.11 Å². The Morgan fingerprint density at radius 3 is 2.27 bits per heavy atom. The summed E-state index contributed by atoms with van der Waals surface area (Å²) >= 11 is 0. The molecule has 0 aromatic heterocycles. The molecule has 0 amide bonds. The highest BCUT2D eigenvalue weighted by molar-refractivity contribution is 4.72. The summed E-state index contributed by atoms with van der Waals surface area (Å²) in [6, 6.07) is 0. The first-order valence-electron chi connectivity index (χ1n) is 6.46. The minimum Gasteiger partial charge on any atom is -0.396 e. The lowest BCUT2D eigenvalue weighted by atomic mass is 9.94. The Hall–Kier alpha value is -0.0800. The number of nitrogens with one attached hydrogen (secondary N) is 1. The summed E-state index contributed by atoms with van der Waals surface area (Å²) in [5.41, 5.74) is 0.0325. The summed E-state index contributed by atoms with van der Waals surface area (Å²) in [6.45, 7) is 6.55. The molecule has 0 bridgehead atoms. The molecule has 1 saturated carbocycles. The van der Waals surface area contributed by atoms with Gasteiger partial charge in [-0.3, -0.25) is 0 Å². The molecule has 15 heavy (non-hydrogen) atoms. The van der Waals surface area contributed by atoms with Gasteiger partial charge >= 0.3 is 0 Å². The van der Waals surface area contributed by atoms with Crippen LogP contribution in [0.1, 0.15) is 52.4 Å². The summed E-state index contributed by atoms with van der Waals surface area (Å²) in [5, 5.41) is 12.7. The maximum atomic E-state index is 9.14. The Morgan fingerprint density at radius 2 is 1.73 bits per heavy atom. The van der Waals surface area contributed by atoms with E-state index in [9.17, 15) is 0 Å². The summed E-state index contributed by atoms with van der Waals surface area (Å²) in [6.07, 6.45) is 8.47. The Labute approximate surface area is 94.5 Å². The molecule has 0 spiro atoms. The van der Waals surface area contributed by atoms with Gasteiger partial charge in [0.15, 0.2) is 0 Å². The Kier molecular flexibility index (Phi) is 5.62. The van der Waals surface area contributed by atoms with E-state index in [0.29, 0.717) is 0 Å². The maximum Gasteiger partial charge on any atom is 0.0494 e. The molecule has 0 radical (unpaired) electrons. The van der Waals surface area contributed by atoms with Crippen LogP contribution < -0.4 is 5.32 Å². The predicted octanol–water partition coefficient (Wildman–Crippen LogP) is 2.56. The second kappa shape index (κ2) is 6.49. The van der Waals surface area contributed by atoms with Crippen LogP contribution in [0.15, 0.2) is 0 Å². The molecular formula is C13H27NO. The van der Waals surface area contributed by atoms with Crippen LogP contribution in [0, 0.1) is 11.3 Å². The summed E-state index contributed by atoms with van der Waals surface area (Å²) in [4.78, 5) is 0. The van der Waals surface area contributed by atoms with Gasteiger partial charge in [0, 0.05) is 18.6 Å². The SMILES string of the molecule is CC(C)(CO)CNCC1CCCCCC1. The molecule has 90 valence electrons. The molecule has 1 aliphatic carbocycles. The minimum absolute atomic E-state index is 0.0325. The second-order valence-electron chi connectivity index (χ2n) is 5.81. The molecule has 0 unspecified atom stereocenters. The minimum atomic E-state index is 0.0325. The fourth-order valence-corrected chi connectivity index (χ4v) is 2.24. The van der Waals surface area contributed by atoms with E-state index in [1.54, 1.807) is 0 Å². The fraction of sp³-hybridized carbons (Fsp3) is 1.00. The lowest BCUT2D eigenvalue weighted by molar-refractivity contribution is 0.155. The first kappa shape index (κ1) is 13.0. The summed E-state index contributed by atoms with van der Waals surface area (Å²) in [7, 11) is 0. The standard InChI is InChI=1S/C13H27NO/c1-13(2,11-15)10-14-9-12-7-5-3-4-6-8-12/h12,14-15H,3-11H2,1-2H3. The van der Waals surface area contributed by atoms with Gasteiger partial charge < -0.3 is 10.4 Å². The average molecular weight is 213 g/mol. The molecule has 0 saturated heterocycles. The quantitative estimate of drug-likeness (QED) is 0.688. The van der Waals surface area contributed by atoms with Crippen molar-refractivity contribution >= 4 is 0 Å². The molecule has 1 fully saturated rings. The molecule has 0 heterocycles. The number of hydrogen-bond acceptors (Lipinski definition) is 2. The summed E-state index contributed by atoms with van der Waals surface area (Å²) < 4.78 is 0. The predicted molar refractivity (Wildman–Crippen MR) is 64.9 cm³/mol. The van der Waals surface area contributed by atoms with Crippen LogP contribution in [0.25, 0.3) is 0 Å². The average Bonchev–Trinajstić information content (AvgIpc) is 2.46. The van der Waals surface area contributed by atoms with Gasteiger partial charge in [0.2, 0.25) is 0 Å². The molecule has 0 aromatic rings. The highest BCUT2D eigenvalue weighted by Crippen LogP contribution is 2.22. The Morgan fingerprint density at radius 1 is 1.13 bits per heavy atom. The molecule has 0 aliphatic heterocycles. The number of aliphatic hydroxyl groups is 1. The smallest absolute Gasteiger partial charge is 0.0494 e. The molecule has 2 heteroatoms. The third-order valence-corrected chi connectivity index (χ3v) is 3.44. The van der Waals surface area contributed by atoms with Gasteiger partial charge in [-0.05, 0) is 25.3 Å². The number of rotatable bonds is 5. The van der Waals surface area contributed by atoms with Crippen LogP contribution in [-0.4, -0.2) is 24.8 Å². The van der Waals surface area contributed by atoms with Gasteiger partial charge in [-0.15, -0.1) is 0 Å². The topological polar surface area (TPSA) is 32.3 Å². The van der Waals surface area contributed by atoms with Crippen molar-refractivity contribution in [3.8, 4) is 0 Å². The van der Waals surface area contributed by atoms with Gasteiger partial charge in [-0.2, -0.15) is 0 Å². The van der Waals surface area contributed by atoms with Gasteiger partial charge in [0.25, 0.3) is 0 Å². The van der Waals surface area contributed by atoms with Crippen LogP contribution in [0.4, 0.5) is 0 Å². The van der Waals surface area contributed by atoms with Gasteiger partial charge in [0.1, 0.15) is 0 Å². The molecule has 0 aromatic carbocycles. The monoisotopic (exact) mass is 213 g/mol. The molecule has 2 N–H and O–H groups in total. The second-order valence-corrected chi connectivity index (χ2v) is 5.81. The Balaban J connectivity index is 2.13. The van der Waals surface area contributed by atoms with Crippen molar-refractivity contribution in [3.05, 3.63) is 0 Å². The lowest BCUT2D eigenvalue weighted by Crippen LogP contribution is -2.35. The molecular weight excluding hydrogens is 186 g/mol. The van der Waals surface area contributed by atoms with Gasteiger partial charge in [0.05, 0.1) is 0 Å². The maximum absolute atomic E-state index is 9.14.